The van der Waals surface area contributed by atoms with Gasteiger partial charge in [-0.1, -0.05) is 25.7 Å². The van der Waals surface area contributed by atoms with Gasteiger partial charge in [0.15, 0.2) is 0 Å². The highest BCUT2D eigenvalue weighted by atomic mass is 32.2. The average molecular weight is 241 g/mol. The first kappa shape index (κ1) is 12.2. The molecular formula is C12H23N3S. The van der Waals surface area contributed by atoms with Crippen molar-refractivity contribution >= 4 is 17.6 Å². The Labute approximate surface area is 103 Å². The second kappa shape index (κ2) is 6.50. The van der Waals surface area contributed by atoms with Gasteiger partial charge in [-0.05, 0) is 25.0 Å². The van der Waals surface area contributed by atoms with Crippen molar-refractivity contribution in [2.75, 3.05) is 11.5 Å². The zero-order valence-corrected chi connectivity index (χ0v) is 10.8. The summed E-state index contributed by atoms with van der Waals surface area (Å²) >= 11 is 2.02. The van der Waals surface area contributed by atoms with E-state index in [1.165, 1.54) is 56.5 Å². The SMILES string of the molecule is NNC(=NC1CCCCCC1)C1CCSC1. The summed E-state index contributed by atoms with van der Waals surface area (Å²) < 4.78 is 0. The smallest absolute Gasteiger partial charge is 0.115 e. The molecule has 2 fully saturated rings. The molecule has 0 aromatic rings. The molecule has 0 bridgehead atoms. The first-order chi connectivity index (χ1) is 7.90. The normalized spacial score (nSPS) is 29.1. The predicted molar refractivity (Wildman–Crippen MR) is 71.7 cm³/mol. The molecular weight excluding hydrogens is 218 g/mol. The first-order valence-electron chi connectivity index (χ1n) is 6.52. The Morgan fingerprint density at radius 2 is 1.88 bits per heavy atom. The predicted octanol–water partition coefficient (Wildman–Crippen LogP) is 2.32. The number of hydrogen-bond acceptors (Lipinski definition) is 3. The van der Waals surface area contributed by atoms with E-state index in [0.29, 0.717) is 12.0 Å². The molecule has 1 aliphatic carbocycles. The highest BCUT2D eigenvalue weighted by molar-refractivity contribution is 7.99. The number of rotatable bonds is 2. The molecule has 1 saturated heterocycles. The first-order valence-corrected chi connectivity index (χ1v) is 7.67. The molecule has 16 heavy (non-hydrogen) atoms. The monoisotopic (exact) mass is 241 g/mol. The van der Waals surface area contributed by atoms with Crippen LogP contribution in [0, 0.1) is 5.92 Å². The van der Waals surface area contributed by atoms with E-state index in [9.17, 15) is 0 Å². The van der Waals surface area contributed by atoms with Crippen molar-refractivity contribution in [1.82, 2.24) is 5.43 Å². The van der Waals surface area contributed by atoms with Gasteiger partial charge in [-0.25, -0.2) is 5.84 Å². The van der Waals surface area contributed by atoms with Gasteiger partial charge < -0.3 is 5.43 Å². The zero-order valence-electron chi connectivity index (χ0n) is 9.95. The van der Waals surface area contributed by atoms with E-state index in [4.69, 9.17) is 10.8 Å². The van der Waals surface area contributed by atoms with Crippen LogP contribution in [-0.4, -0.2) is 23.4 Å². The van der Waals surface area contributed by atoms with Crippen molar-refractivity contribution in [3.05, 3.63) is 0 Å². The minimum absolute atomic E-state index is 0.527. The molecule has 3 nitrogen and oxygen atoms in total. The lowest BCUT2D eigenvalue weighted by Crippen LogP contribution is -2.37. The quantitative estimate of drug-likeness (QED) is 0.256. The third kappa shape index (κ3) is 3.39. The molecule has 2 rings (SSSR count). The van der Waals surface area contributed by atoms with E-state index in [-0.39, 0.29) is 0 Å². The summed E-state index contributed by atoms with van der Waals surface area (Å²) in [5.41, 5.74) is 2.85. The van der Waals surface area contributed by atoms with Gasteiger partial charge in [0.25, 0.3) is 0 Å². The number of aliphatic imine (C=N–C) groups is 1. The van der Waals surface area contributed by atoms with Gasteiger partial charge in [-0.2, -0.15) is 11.8 Å². The topological polar surface area (TPSA) is 50.4 Å². The van der Waals surface area contributed by atoms with Crippen molar-refractivity contribution in [1.29, 1.82) is 0 Å². The molecule has 0 spiro atoms. The molecule has 1 saturated carbocycles. The molecule has 0 amide bonds. The fraction of sp³-hybridized carbons (Fsp3) is 0.917. The molecule has 1 unspecified atom stereocenters. The second-order valence-electron chi connectivity index (χ2n) is 4.86. The fourth-order valence-electron chi connectivity index (χ4n) is 2.59. The summed E-state index contributed by atoms with van der Waals surface area (Å²) in [6, 6.07) is 0.527. The van der Waals surface area contributed by atoms with E-state index in [1.807, 2.05) is 11.8 Å². The summed E-state index contributed by atoms with van der Waals surface area (Å²) in [5.74, 6) is 9.72. The lowest BCUT2D eigenvalue weighted by Gasteiger charge is -2.16. The molecule has 4 heteroatoms. The maximum atomic E-state index is 5.62. The summed E-state index contributed by atoms with van der Waals surface area (Å²) in [5, 5.41) is 0. The van der Waals surface area contributed by atoms with Crippen molar-refractivity contribution in [3.8, 4) is 0 Å². The largest absolute Gasteiger partial charge is 0.312 e. The lowest BCUT2D eigenvalue weighted by molar-refractivity contribution is 0.574. The van der Waals surface area contributed by atoms with Crippen LogP contribution in [0.25, 0.3) is 0 Å². The molecule has 0 aromatic heterocycles. The van der Waals surface area contributed by atoms with Crippen molar-refractivity contribution in [3.63, 3.8) is 0 Å². The highest BCUT2D eigenvalue weighted by Gasteiger charge is 2.22. The van der Waals surface area contributed by atoms with E-state index in [1.54, 1.807) is 0 Å². The number of nitrogens with zero attached hydrogens (tertiary/aromatic N) is 1. The van der Waals surface area contributed by atoms with Crippen molar-refractivity contribution < 1.29 is 0 Å². The number of nitrogens with one attached hydrogen (secondary N) is 1. The molecule has 0 aromatic carbocycles. The van der Waals surface area contributed by atoms with Gasteiger partial charge >= 0.3 is 0 Å². The van der Waals surface area contributed by atoms with Crippen molar-refractivity contribution in [2.24, 2.45) is 16.8 Å². The Bertz CT molecular complexity index is 228. The summed E-state index contributed by atoms with van der Waals surface area (Å²) in [4.78, 5) is 4.86. The van der Waals surface area contributed by atoms with Gasteiger partial charge in [0.05, 0.1) is 6.04 Å². The van der Waals surface area contributed by atoms with E-state index in [2.05, 4.69) is 5.43 Å². The van der Waals surface area contributed by atoms with Gasteiger partial charge in [0.1, 0.15) is 5.84 Å². The summed E-state index contributed by atoms with van der Waals surface area (Å²) in [6.07, 6.45) is 9.20. The molecule has 2 aliphatic rings. The second-order valence-corrected chi connectivity index (χ2v) is 6.01. The van der Waals surface area contributed by atoms with Gasteiger partial charge in [0, 0.05) is 11.7 Å². The Morgan fingerprint density at radius 3 is 2.44 bits per heavy atom. The summed E-state index contributed by atoms with van der Waals surface area (Å²) in [7, 11) is 0. The van der Waals surface area contributed by atoms with Crippen molar-refractivity contribution in [2.45, 2.75) is 51.0 Å². The zero-order chi connectivity index (χ0) is 11.2. The van der Waals surface area contributed by atoms with Crippen LogP contribution in [0.5, 0.6) is 0 Å². The Hall–Kier alpha value is -0.220. The third-order valence-electron chi connectivity index (χ3n) is 3.61. The van der Waals surface area contributed by atoms with E-state index < -0.39 is 0 Å². The Morgan fingerprint density at radius 1 is 1.12 bits per heavy atom. The molecule has 3 N–H and O–H groups in total. The van der Waals surface area contributed by atoms with Crippen LogP contribution in [-0.2, 0) is 0 Å². The third-order valence-corrected chi connectivity index (χ3v) is 4.77. The molecule has 1 atom stereocenters. The standard InChI is InChI=1S/C12H23N3S/c13-15-12(10-7-8-16-9-10)14-11-5-3-1-2-4-6-11/h10-11H,1-9,13H2,(H,14,15). The average Bonchev–Trinajstić information content (AvgIpc) is 2.71. The lowest BCUT2D eigenvalue weighted by atomic mass is 10.1. The van der Waals surface area contributed by atoms with Crippen LogP contribution in [0.1, 0.15) is 44.9 Å². The number of hydrogen-bond donors (Lipinski definition) is 2. The Balaban J connectivity index is 1.94. The number of nitrogens with two attached hydrogens (primary N) is 1. The van der Waals surface area contributed by atoms with Gasteiger partial charge in [0.2, 0.25) is 0 Å². The number of hydrazine groups is 1. The van der Waals surface area contributed by atoms with Gasteiger partial charge in [-0.15, -0.1) is 0 Å². The Kier molecular flexibility index (Phi) is 4.97. The maximum Gasteiger partial charge on any atom is 0.115 e. The van der Waals surface area contributed by atoms with E-state index >= 15 is 0 Å². The minimum Gasteiger partial charge on any atom is -0.312 e. The molecule has 0 radical (unpaired) electrons. The number of amidine groups is 1. The van der Waals surface area contributed by atoms with Gasteiger partial charge in [-0.3, -0.25) is 4.99 Å². The van der Waals surface area contributed by atoms with Crippen LogP contribution in [0.4, 0.5) is 0 Å². The molecule has 1 aliphatic heterocycles. The maximum absolute atomic E-state index is 5.62. The fourth-order valence-corrected chi connectivity index (χ4v) is 3.82. The van der Waals surface area contributed by atoms with Crippen LogP contribution in [0.2, 0.25) is 0 Å². The molecule has 1 heterocycles. The van der Waals surface area contributed by atoms with Crippen LogP contribution >= 0.6 is 11.8 Å². The van der Waals surface area contributed by atoms with E-state index in [0.717, 1.165) is 5.84 Å². The minimum atomic E-state index is 0.527. The van der Waals surface area contributed by atoms with Crippen LogP contribution < -0.4 is 11.3 Å². The van der Waals surface area contributed by atoms with Crippen LogP contribution in [0.15, 0.2) is 4.99 Å². The molecule has 92 valence electrons. The van der Waals surface area contributed by atoms with Crippen LogP contribution in [0.3, 0.4) is 0 Å². The highest BCUT2D eigenvalue weighted by Crippen LogP contribution is 2.26. The summed E-state index contributed by atoms with van der Waals surface area (Å²) in [6.45, 7) is 0. The number of thioether (sulfide) groups is 1.